The number of carbonyl (C=O) groups is 1. The normalized spacial score (nSPS) is 11.2. The second-order valence-corrected chi connectivity index (χ2v) is 8.47. The predicted molar refractivity (Wildman–Crippen MR) is 122 cm³/mol. The Hall–Kier alpha value is -2.05. The van der Waals surface area contributed by atoms with Gasteiger partial charge in [0.25, 0.3) is 5.91 Å². The summed E-state index contributed by atoms with van der Waals surface area (Å²) in [5, 5.41) is 6.38. The van der Waals surface area contributed by atoms with Gasteiger partial charge in [0.1, 0.15) is 0 Å². The SMILES string of the molecule is CCOc1cc(CNC(C)(C)CC)c(Br)cc1OCC(=O)Nc1ccc(C)cc1. The Kier molecular flexibility index (Phi) is 8.53. The molecular formula is C23H31BrN2O3. The fraction of sp³-hybridized carbons (Fsp3) is 0.435. The molecule has 0 bridgehead atoms. The average Bonchev–Trinajstić information content (AvgIpc) is 2.69. The minimum atomic E-state index is -0.220. The molecule has 0 saturated heterocycles. The Bertz CT molecular complexity index is 820. The van der Waals surface area contributed by atoms with Crippen LogP contribution in [0.1, 0.15) is 45.2 Å². The van der Waals surface area contributed by atoms with Crippen LogP contribution in [0.25, 0.3) is 0 Å². The maximum atomic E-state index is 12.2. The van der Waals surface area contributed by atoms with E-state index in [4.69, 9.17) is 9.47 Å². The third-order valence-electron chi connectivity index (χ3n) is 4.75. The van der Waals surface area contributed by atoms with Crippen LogP contribution in [0.2, 0.25) is 0 Å². The summed E-state index contributed by atoms with van der Waals surface area (Å²) in [6.07, 6.45) is 1.03. The lowest BCUT2D eigenvalue weighted by Gasteiger charge is -2.25. The zero-order chi connectivity index (χ0) is 21.4. The molecular weight excluding hydrogens is 432 g/mol. The first-order valence-corrected chi connectivity index (χ1v) is 10.7. The molecule has 0 aliphatic carbocycles. The van der Waals surface area contributed by atoms with Crippen LogP contribution in [0.15, 0.2) is 40.9 Å². The van der Waals surface area contributed by atoms with Crippen molar-refractivity contribution in [2.24, 2.45) is 0 Å². The number of amides is 1. The minimum absolute atomic E-state index is 0.0501. The van der Waals surface area contributed by atoms with E-state index in [0.29, 0.717) is 24.7 Å². The van der Waals surface area contributed by atoms with Crippen LogP contribution < -0.4 is 20.1 Å². The number of anilines is 1. The van der Waals surface area contributed by atoms with E-state index in [0.717, 1.165) is 27.7 Å². The van der Waals surface area contributed by atoms with Crippen molar-refractivity contribution in [3.8, 4) is 11.5 Å². The van der Waals surface area contributed by atoms with Gasteiger partial charge in [-0.2, -0.15) is 0 Å². The summed E-state index contributed by atoms with van der Waals surface area (Å²) in [5.41, 5.74) is 3.01. The van der Waals surface area contributed by atoms with Crippen molar-refractivity contribution >= 4 is 27.5 Å². The highest BCUT2D eigenvalue weighted by Crippen LogP contribution is 2.34. The average molecular weight is 463 g/mol. The molecule has 158 valence electrons. The van der Waals surface area contributed by atoms with Crippen LogP contribution >= 0.6 is 15.9 Å². The molecule has 5 nitrogen and oxygen atoms in total. The number of aryl methyl sites for hydroxylation is 1. The molecule has 0 aliphatic heterocycles. The molecule has 2 rings (SSSR count). The quantitative estimate of drug-likeness (QED) is 0.492. The molecule has 2 aromatic carbocycles. The Morgan fingerprint density at radius 3 is 2.34 bits per heavy atom. The van der Waals surface area contributed by atoms with E-state index in [1.807, 2.05) is 50.2 Å². The van der Waals surface area contributed by atoms with E-state index in [9.17, 15) is 4.79 Å². The summed E-state index contributed by atoms with van der Waals surface area (Å²) >= 11 is 3.61. The number of ether oxygens (including phenoxy) is 2. The lowest BCUT2D eigenvalue weighted by atomic mass is 10.0. The lowest BCUT2D eigenvalue weighted by molar-refractivity contribution is -0.118. The Morgan fingerprint density at radius 1 is 1.07 bits per heavy atom. The van der Waals surface area contributed by atoms with Gasteiger partial charge in [-0.1, -0.05) is 40.5 Å². The summed E-state index contributed by atoms with van der Waals surface area (Å²) in [7, 11) is 0. The highest BCUT2D eigenvalue weighted by Gasteiger charge is 2.17. The van der Waals surface area contributed by atoms with E-state index in [1.54, 1.807) is 0 Å². The minimum Gasteiger partial charge on any atom is -0.490 e. The third-order valence-corrected chi connectivity index (χ3v) is 5.49. The molecule has 2 N–H and O–H groups in total. The summed E-state index contributed by atoms with van der Waals surface area (Å²) in [5.74, 6) is 0.948. The van der Waals surface area contributed by atoms with Gasteiger partial charge in [-0.15, -0.1) is 0 Å². The van der Waals surface area contributed by atoms with E-state index in [-0.39, 0.29) is 18.1 Å². The molecule has 0 aromatic heterocycles. The fourth-order valence-electron chi connectivity index (χ4n) is 2.53. The maximum absolute atomic E-state index is 12.2. The van der Waals surface area contributed by atoms with Gasteiger partial charge in [0, 0.05) is 22.2 Å². The second-order valence-electron chi connectivity index (χ2n) is 7.62. The zero-order valence-electron chi connectivity index (χ0n) is 17.9. The summed E-state index contributed by atoms with van der Waals surface area (Å²) in [4.78, 5) is 12.2. The van der Waals surface area contributed by atoms with E-state index < -0.39 is 0 Å². The molecule has 2 aromatic rings. The van der Waals surface area contributed by atoms with E-state index in [1.165, 1.54) is 0 Å². The van der Waals surface area contributed by atoms with Crippen molar-refractivity contribution in [3.63, 3.8) is 0 Å². The van der Waals surface area contributed by atoms with Crippen molar-refractivity contribution in [1.29, 1.82) is 0 Å². The predicted octanol–water partition coefficient (Wildman–Crippen LogP) is 5.45. The van der Waals surface area contributed by atoms with Crippen molar-refractivity contribution in [3.05, 3.63) is 52.0 Å². The number of carbonyl (C=O) groups excluding carboxylic acids is 1. The first kappa shape index (κ1) is 23.2. The third kappa shape index (κ3) is 7.37. The number of hydrogen-bond donors (Lipinski definition) is 2. The summed E-state index contributed by atoms with van der Waals surface area (Å²) in [6, 6.07) is 11.5. The van der Waals surface area contributed by atoms with Crippen LogP contribution in [0.5, 0.6) is 11.5 Å². The van der Waals surface area contributed by atoms with Gasteiger partial charge >= 0.3 is 0 Å². The van der Waals surface area contributed by atoms with Gasteiger partial charge in [-0.3, -0.25) is 4.79 Å². The molecule has 29 heavy (non-hydrogen) atoms. The number of benzene rings is 2. The van der Waals surface area contributed by atoms with Gasteiger partial charge in [-0.05, 0) is 63.9 Å². The molecule has 0 saturated carbocycles. The Balaban J connectivity index is 2.05. The van der Waals surface area contributed by atoms with Crippen molar-refractivity contribution in [2.45, 2.75) is 53.1 Å². The fourth-order valence-corrected chi connectivity index (χ4v) is 2.99. The van der Waals surface area contributed by atoms with E-state index in [2.05, 4.69) is 47.3 Å². The highest BCUT2D eigenvalue weighted by atomic mass is 79.9. The maximum Gasteiger partial charge on any atom is 0.262 e. The van der Waals surface area contributed by atoms with Crippen LogP contribution in [0.3, 0.4) is 0 Å². The van der Waals surface area contributed by atoms with E-state index >= 15 is 0 Å². The summed E-state index contributed by atoms with van der Waals surface area (Å²) < 4.78 is 12.4. The molecule has 0 unspecified atom stereocenters. The smallest absolute Gasteiger partial charge is 0.262 e. The Labute approximate surface area is 182 Å². The van der Waals surface area contributed by atoms with Gasteiger partial charge in [0.2, 0.25) is 0 Å². The molecule has 0 radical (unpaired) electrons. The Morgan fingerprint density at radius 2 is 1.72 bits per heavy atom. The van der Waals surface area contributed by atoms with Crippen molar-refractivity contribution < 1.29 is 14.3 Å². The van der Waals surface area contributed by atoms with Gasteiger partial charge in [0.15, 0.2) is 18.1 Å². The molecule has 0 aliphatic rings. The molecule has 0 fully saturated rings. The van der Waals surface area contributed by atoms with Gasteiger partial charge in [0.05, 0.1) is 6.61 Å². The molecule has 0 heterocycles. The summed E-state index contributed by atoms with van der Waals surface area (Å²) in [6.45, 7) is 11.6. The number of rotatable bonds is 10. The number of hydrogen-bond acceptors (Lipinski definition) is 4. The van der Waals surface area contributed by atoms with Gasteiger partial charge < -0.3 is 20.1 Å². The van der Waals surface area contributed by atoms with Crippen LogP contribution in [0, 0.1) is 6.92 Å². The monoisotopic (exact) mass is 462 g/mol. The van der Waals surface area contributed by atoms with Crippen molar-refractivity contribution in [1.82, 2.24) is 5.32 Å². The largest absolute Gasteiger partial charge is 0.490 e. The van der Waals surface area contributed by atoms with Crippen molar-refractivity contribution in [2.75, 3.05) is 18.5 Å². The first-order chi connectivity index (χ1) is 13.7. The second kappa shape index (κ2) is 10.6. The van der Waals surface area contributed by atoms with Crippen LogP contribution in [-0.2, 0) is 11.3 Å². The molecule has 6 heteroatoms. The topological polar surface area (TPSA) is 59.6 Å². The molecule has 1 amide bonds. The standard InChI is InChI=1S/C23H31BrN2O3/c1-6-23(4,5)25-14-17-12-20(28-7-2)21(13-19(17)24)29-15-22(27)26-18-10-8-16(3)9-11-18/h8-13,25H,6-7,14-15H2,1-5H3,(H,26,27). The molecule has 0 atom stereocenters. The number of nitrogens with one attached hydrogen (secondary N) is 2. The highest BCUT2D eigenvalue weighted by molar-refractivity contribution is 9.10. The van der Waals surface area contributed by atoms with Gasteiger partial charge in [-0.25, -0.2) is 0 Å². The zero-order valence-corrected chi connectivity index (χ0v) is 19.5. The lowest BCUT2D eigenvalue weighted by Crippen LogP contribution is -2.37. The number of halogens is 1. The van der Waals surface area contributed by atoms with Crippen LogP contribution in [0.4, 0.5) is 5.69 Å². The molecule has 0 spiro atoms. The first-order valence-electron chi connectivity index (χ1n) is 9.93. The van der Waals surface area contributed by atoms with Crippen LogP contribution in [-0.4, -0.2) is 24.7 Å².